The van der Waals surface area contributed by atoms with Gasteiger partial charge in [-0.15, -0.1) is 0 Å². The fourth-order valence-electron chi connectivity index (χ4n) is 3.89. The van der Waals surface area contributed by atoms with Crippen molar-refractivity contribution in [1.82, 2.24) is 9.97 Å². The molecular formula is C28H25F5N6O5S. The van der Waals surface area contributed by atoms with Gasteiger partial charge in [0.05, 0.1) is 27.3 Å². The number of carbonyl (C=O) groups is 2. The Balaban J connectivity index is 0.000000477. The molecule has 17 heteroatoms. The lowest BCUT2D eigenvalue weighted by atomic mass is 10.0. The number of aliphatic carboxylic acids is 1. The Bertz CT molecular complexity index is 1850. The maximum absolute atomic E-state index is 15.2. The smallest absolute Gasteiger partial charge is 0.416 e. The summed E-state index contributed by atoms with van der Waals surface area (Å²) in [5.74, 6) is -4.91. The largest absolute Gasteiger partial charge is 0.480 e. The number of H-pyrrole nitrogens is 1. The zero-order chi connectivity index (χ0) is 33.5. The molecule has 4 aromatic rings. The summed E-state index contributed by atoms with van der Waals surface area (Å²) in [6.45, 7) is 0.604. The molecule has 0 bridgehead atoms. The Hall–Kier alpha value is -4.92. The number of halogens is 5. The minimum absolute atomic E-state index is 0.0881. The third-order valence-electron chi connectivity index (χ3n) is 6.25. The lowest BCUT2D eigenvalue weighted by Crippen LogP contribution is -2.29. The van der Waals surface area contributed by atoms with E-state index in [2.05, 4.69) is 9.97 Å². The van der Waals surface area contributed by atoms with Crippen LogP contribution in [0.4, 0.5) is 27.6 Å². The summed E-state index contributed by atoms with van der Waals surface area (Å²) in [6.07, 6.45) is -0.165. The first-order valence-corrected chi connectivity index (χ1v) is 14.4. The molecule has 0 saturated heterocycles. The predicted octanol–water partition coefficient (Wildman–Crippen LogP) is 4.29. The number of pyridine rings is 1. The Labute approximate surface area is 252 Å². The third-order valence-corrected chi connectivity index (χ3v) is 7.63. The minimum Gasteiger partial charge on any atom is -0.480 e. The summed E-state index contributed by atoms with van der Waals surface area (Å²) in [6, 6.07) is 6.20. The summed E-state index contributed by atoms with van der Waals surface area (Å²) < 4.78 is 94.8. The normalized spacial score (nSPS) is 12.1. The summed E-state index contributed by atoms with van der Waals surface area (Å²) >= 11 is 0. The second-order valence-corrected chi connectivity index (χ2v) is 11.1. The van der Waals surface area contributed by atoms with E-state index < -0.39 is 67.3 Å². The number of hydrogen-bond donors (Lipinski definition) is 5. The first kappa shape index (κ1) is 34.6. The Morgan fingerprint density at radius 2 is 1.78 bits per heavy atom. The zero-order valence-corrected chi connectivity index (χ0v) is 23.8. The van der Waals surface area contributed by atoms with E-state index in [0.717, 1.165) is 25.1 Å². The molecule has 11 nitrogen and oxygen atoms in total. The number of ketones is 1. The number of aromatic amines is 1. The van der Waals surface area contributed by atoms with Crippen LogP contribution < -0.4 is 16.2 Å². The highest BCUT2D eigenvalue weighted by atomic mass is 32.2. The van der Waals surface area contributed by atoms with E-state index in [1.807, 2.05) is 10.8 Å². The number of nitrogens with one attached hydrogen (secondary N) is 2. The summed E-state index contributed by atoms with van der Waals surface area (Å²) in [5.41, 5.74) is 7.49. The van der Waals surface area contributed by atoms with Gasteiger partial charge in [0.1, 0.15) is 23.6 Å². The molecule has 0 radical (unpaired) electrons. The lowest BCUT2D eigenvalue weighted by Gasteiger charge is -2.13. The number of nitriles is 1. The fourth-order valence-corrected chi connectivity index (χ4v) is 4.94. The SMILES string of the molecule is N#Cc1cnc2[nH]cc(C(=O)c3c(F)ccc(NS(=O)(=O)c4ccc(C(F)(F)F)cc4)c3F)c2c1.NCCCC[C@H](N)C(=O)O. The van der Waals surface area contributed by atoms with Gasteiger partial charge in [-0.05, 0) is 61.9 Å². The molecule has 0 aliphatic heterocycles. The molecule has 0 aliphatic rings. The first-order valence-electron chi connectivity index (χ1n) is 12.9. The highest BCUT2D eigenvalue weighted by Gasteiger charge is 2.31. The molecular weight excluding hydrogens is 627 g/mol. The van der Waals surface area contributed by atoms with Crippen molar-refractivity contribution in [2.75, 3.05) is 11.3 Å². The molecule has 0 fully saturated rings. The van der Waals surface area contributed by atoms with Gasteiger partial charge in [0.2, 0.25) is 5.78 Å². The van der Waals surface area contributed by atoms with E-state index in [9.17, 15) is 35.6 Å². The number of alkyl halides is 3. The molecule has 0 spiro atoms. The Morgan fingerprint density at radius 3 is 2.36 bits per heavy atom. The monoisotopic (exact) mass is 652 g/mol. The Morgan fingerprint density at radius 1 is 1.11 bits per heavy atom. The van der Waals surface area contributed by atoms with Crippen molar-refractivity contribution < 1.29 is 45.1 Å². The van der Waals surface area contributed by atoms with Crippen LogP contribution in [0.15, 0.2) is 59.8 Å². The van der Waals surface area contributed by atoms with Crippen molar-refractivity contribution in [3.8, 4) is 6.07 Å². The number of sulfonamides is 1. The van der Waals surface area contributed by atoms with Crippen LogP contribution in [0, 0.1) is 23.0 Å². The molecule has 0 aliphatic carbocycles. The van der Waals surface area contributed by atoms with Gasteiger partial charge in [-0.3, -0.25) is 14.3 Å². The number of unbranched alkanes of at least 4 members (excludes halogenated alkanes) is 1. The number of aromatic nitrogens is 2. The summed E-state index contributed by atoms with van der Waals surface area (Å²) in [4.78, 5) is 29.1. The van der Waals surface area contributed by atoms with Gasteiger partial charge in [0.15, 0.2) is 5.82 Å². The average Bonchev–Trinajstić information content (AvgIpc) is 3.42. The van der Waals surface area contributed by atoms with E-state index in [1.54, 1.807) is 0 Å². The van der Waals surface area contributed by atoms with Crippen molar-refractivity contribution in [2.24, 2.45) is 11.5 Å². The highest BCUT2D eigenvalue weighted by molar-refractivity contribution is 7.92. The van der Waals surface area contributed by atoms with Crippen LogP contribution in [0.5, 0.6) is 0 Å². The fraction of sp³-hybridized carbons (Fsp3) is 0.214. The van der Waals surface area contributed by atoms with Crippen molar-refractivity contribution >= 4 is 38.5 Å². The van der Waals surface area contributed by atoms with Crippen molar-refractivity contribution in [1.29, 1.82) is 5.26 Å². The molecule has 2 heterocycles. The molecule has 2 aromatic carbocycles. The molecule has 0 unspecified atom stereocenters. The number of carbonyl (C=O) groups excluding carboxylic acids is 1. The molecule has 0 saturated carbocycles. The van der Waals surface area contributed by atoms with Gasteiger partial charge >= 0.3 is 12.1 Å². The zero-order valence-electron chi connectivity index (χ0n) is 23.0. The van der Waals surface area contributed by atoms with E-state index in [4.69, 9.17) is 21.8 Å². The standard InChI is InChI=1S/C22H11F5N4O3S.C6H14N2O2/c23-16-5-6-17(31-35(33,34)13-3-1-12(2-4-13)22(25,26)27)19(24)18(16)20(32)15-10-30-21-14(15)7-11(8-28)9-29-21;7-4-2-1-3-5(8)6(9)10/h1-7,9-10,31H,(H,29,30);5H,1-4,7-8H2,(H,9,10)/t;5-/m.0/s1. The molecule has 1 atom stereocenters. The topological polar surface area (TPSA) is 205 Å². The lowest BCUT2D eigenvalue weighted by molar-refractivity contribution is -0.139. The maximum Gasteiger partial charge on any atom is 0.416 e. The highest BCUT2D eigenvalue weighted by Crippen LogP contribution is 2.31. The summed E-state index contributed by atoms with van der Waals surface area (Å²) in [5, 5.41) is 17.5. The van der Waals surface area contributed by atoms with E-state index in [-0.39, 0.29) is 22.2 Å². The third kappa shape index (κ3) is 8.38. The quantitative estimate of drug-likeness (QED) is 0.0940. The van der Waals surface area contributed by atoms with Crippen molar-refractivity contribution in [3.05, 3.63) is 88.7 Å². The molecule has 45 heavy (non-hydrogen) atoms. The van der Waals surface area contributed by atoms with Crippen LogP contribution in [0.1, 0.15) is 46.3 Å². The molecule has 0 amide bonds. The number of anilines is 1. The number of hydrogen-bond acceptors (Lipinski definition) is 8. The number of nitrogens with zero attached hydrogens (tertiary/aromatic N) is 2. The number of carboxylic acid groups (broad SMARTS) is 1. The molecule has 4 rings (SSSR count). The van der Waals surface area contributed by atoms with Gasteiger partial charge in [-0.25, -0.2) is 22.2 Å². The maximum atomic E-state index is 15.2. The first-order chi connectivity index (χ1) is 21.1. The van der Waals surface area contributed by atoms with Crippen LogP contribution >= 0.6 is 0 Å². The number of rotatable bonds is 10. The minimum atomic E-state index is -4.69. The van der Waals surface area contributed by atoms with Gasteiger partial charge < -0.3 is 21.6 Å². The summed E-state index contributed by atoms with van der Waals surface area (Å²) in [7, 11) is -4.59. The second-order valence-electron chi connectivity index (χ2n) is 9.40. The van der Waals surface area contributed by atoms with Crippen LogP contribution in [0.3, 0.4) is 0 Å². The van der Waals surface area contributed by atoms with Crippen LogP contribution in [0.2, 0.25) is 0 Å². The number of fused-ring (bicyclic) bond motifs is 1. The number of nitrogens with two attached hydrogens (primary N) is 2. The van der Waals surface area contributed by atoms with Gasteiger partial charge in [-0.1, -0.05) is 6.42 Å². The van der Waals surface area contributed by atoms with E-state index in [0.29, 0.717) is 43.3 Å². The number of benzene rings is 2. The van der Waals surface area contributed by atoms with Gasteiger partial charge in [0.25, 0.3) is 10.0 Å². The van der Waals surface area contributed by atoms with Crippen LogP contribution in [0.25, 0.3) is 11.0 Å². The molecule has 238 valence electrons. The predicted molar refractivity (Wildman–Crippen MR) is 151 cm³/mol. The molecule has 7 N–H and O–H groups in total. The van der Waals surface area contributed by atoms with Gasteiger partial charge in [-0.2, -0.15) is 18.4 Å². The van der Waals surface area contributed by atoms with E-state index in [1.165, 1.54) is 12.3 Å². The van der Waals surface area contributed by atoms with Crippen LogP contribution in [-0.4, -0.2) is 47.8 Å². The molecule has 2 aromatic heterocycles. The number of carboxylic acids is 1. The van der Waals surface area contributed by atoms with Crippen molar-refractivity contribution in [2.45, 2.75) is 36.4 Å². The average molecular weight is 653 g/mol. The second kappa shape index (κ2) is 14.2. The van der Waals surface area contributed by atoms with Crippen LogP contribution in [-0.2, 0) is 21.0 Å². The van der Waals surface area contributed by atoms with Gasteiger partial charge in [0, 0.05) is 23.3 Å². The Kier molecular flexibility index (Phi) is 10.9. The van der Waals surface area contributed by atoms with E-state index >= 15 is 4.39 Å². The van der Waals surface area contributed by atoms with Crippen molar-refractivity contribution in [3.63, 3.8) is 0 Å².